The summed E-state index contributed by atoms with van der Waals surface area (Å²) in [6.45, 7) is 9.98. The number of aromatic amines is 1. The number of hydrogen-bond acceptors (Lipinski definition) is 5. The monoisotopic (exact) mass is 396 g/mol. The summed E-state index contributed by atoms with van der Waals surface area (Å²) in [6.07, 6.45) is 0.993. The second-order valence-electron chi connectivity index (χ2n) is 7.62. The first-order chi connectivity index (χ1) is 13.8. The molecule has 154 valence electrons. The molecule has 2 heterocycles. The van der Waals surface area contributed by atoms with Gasteiger partial charge in [0, 0.05) is 6.04 Å². The second kappa shape index (κ2) is 8.61. The third-order valence-electron chi connectivity index (χ3n) is 5.15. The maximum absolute atomic E-state index is 12.6. The summed E-state index contributed by atoms with van der Waals surface area (Å²) in [5.74, 6) is 0.740. The molecule has 0 radical (unpaired) electrons. The van der Waals surface area contributed by atoms with Gasteiger partial charge in [-0.15, -0.1) is 0 Å². The van der Waals surface area contributed by atoms with Gasteiger partial charge in [-0.25, -0.2) is 5.10 Å². The van der Waals surface area contributed by atoms with Gasteiger partial charge in [-0.3, -0.25) is 14.9 Å². The summed E-state index contributed by atoms with van der Waals surface area (Å²) >= 11 is 0. The van der Waals surface area contributed by atoms with Gasteiger partial charge in [0.15, 0.2) is 0 Å². The fraction of sp³-hybridized carbons (Fsp3) is 0.409. The van der Waals surface area contributed by atoms with E-state index >= 15 is 0 Å². The largest absolute Gasteiger partial charge is 0.444 e. The summed E-state index contributed by atoms with van der Waals surface area (Å²) in [5, 5.41) is 13.4. The van der Waals surface area contributed by atoms with Gasteiger partial charge in [-0.1, -0.05) is 45.0 Å². The van der Waals surface area contributed by atoms with E-state index in [4.69, 9.17) is 4.42 Å². The smallest absolute Gasteiger partial charge is 0.277 e. The number of rotatable bonds is 7. The molecule has 0 saturated heterocycles. The van der Waals surface area contributed by atoms with E-state index in [-0.39, 0.29) is 29.9 Å². The minimum Gasteiger partial charge on any atom is -0.444 e. The number of aromatic nitrogens is 2. The van der Waals surface area contributed by atoms with Crippen molar-refractivity contribution in [2.24, 2.45) is 5.92 Å². The van der Waals surface area contributed by atoms with Crippen molar-refractivity contribution in [3.05, 3.63) is 57.2 Å². The minimum atomic E-state index is -0.387. The van der Waals surface area contributed by atoms with Crippen molar-refractivity contribution in [2.75, 3.05) is 11.9 Å². The molecule has 0 aliphatic heterocycles. The van der Waals surface area contributed by atoms with Crippen LogP contribution in [0.1, 0.15) is 49.4 Å². The van der Waals surface area contributed by atoms with Crippen molar-refractivity contribution in [1.29, 1.82) is 0 Å². The predicted octanol–water partition coefficient (Wildman–Crippen LogP) is 3.62. The molecule has 1 amide bonds. The van der Waals surface area contributed by atoms with E-state index in [0.717, 1.165) is 12.0 Å². The highest BCUT2D eigenvalue weighted by Gasteiger charge is 2.20. The number of nitrogens with zero attached hydrogens (tertiary/aromatic N) is 1. The maximum atomic E-state index is 12.6. The molecule has 1 aromatic carbocycles. The van der Waals surface area contributed by atoms with Gasteiger partial charge in [0.2, 0.25) is 11.8 Å². The molecule has 7 heteroatoms. The number of anilines is 1. The summed E-state index contributed by atoms with van der Waals surface area (Å²) in [6, 6.07) is 8.48. The summed E-state index contributed by atoms with van der Waals surface area (Å²) in [4.78, 5) is 24.8. The van der Waals surface area contributed by atoms with E-state index < -0.39 is 0 Å². The van der Waals surface area contributed by atoms with E-state index in [2.05, 4.69) is 65.9 Å². The summed E-state index contributed by atoms with van der Waals surface area (Å²) in [5.41, 5.74) is 2.68. The van der Waals surface area contributed by atoms with Crippen LogP contribution < -0.4 is 16.2 Å². The zero-order valence-corrected chi connectivity index (χ0v) is 17.6. The first kappa shape index (κ1) is 20.8. The second-order valence-corrected chi connectivity index (χ2v) is 7.62. The lowest BCUT2D eigenvalue weighted by Crippen LogP contribution is -2.33. The van der Waals surface area contributed by atoms with Gasteiger partial charge in [0.25, 0.3) is 5.56 Å². The van der Waals surface area contributed by atoms with Crippen molar-refractivity contribution in [1.82, 2.24) is 15.5 Å². The van der Waals surface area contributed by atoms with E-state index in [9.17, 15) is 9.59 Å². The lowest BCUT2D eigenvalue weighted by Gasteiger charge is -2.23. The maximum Gasteiger partial charge on any atom is 0.277 e. The molecule has 7 nitrogen and oxygen atoms in total. The van der Waals surface area contributed by atoms with Crippen LogP contribution in [-0.2, 0) is 11.2 Å². The fourth-order valence-electron chi connectivity index (χ4n) is 3.60. The Balaban J connectivity index is 1.74. The van der Waals surface area contributed by atoms with Gasteiger partial charge in [-0.2, -0.15) is 5.10 Å². The molecule has 0 saturated carbocycles. The third-order valence-corrected chi connectivity index (χ3v) is 5.15. The molecular weight excluding hydrogens is 368 g/mol. The number of carbonyl (C=O) groups excluding carboxylic acids is 1. The lowest BCUT2D eigenvalue weighted by molar-refractivity contribution is -0.115. The molecule has 0 spiro atoms. The van der Waals surface area contributed by atoms with Crippen molar-refractivity contribution >= 4 is 22.6 Å². The van der Waals surface area contributed by atoms with Gasteiger partial charge in [-0.05, 0) is 37.3 Å². The number of benzene rings is 1. The number of hydrogen-bond donors (Lipinski definition) is 3. The highest BCUT2D eigenvalue weighted by Crippen LogP contribution is 2.28. The Hall–Kier alpha value is -2.93. The van der Waals surface area contributed by atoms with E-state index in [1.54, 1.807) is 13.8 Å². The number of H-pyrrole nitrogens is 1. The molecular formula is C22H28N4O3. The lowest BCUT2D eigenvalue weighted by atomic mass is 9.95. The van der Waals surface area contributed by atoms with Crippen LogP contribution in [0.5, 0.6) is 0 Å². The van der Waals surface area contributed by atoms with Crippen LogP contribution in [0.2, 0.25) is 0 Å². The van der Waals surface area contributed by atoms with Crippen molar-refractivity contribution in [2.45, 2.75) is 47.1 Å². The fourth-order valence-corrected chi connectivity index (χ4v) is 3.60. The number of nitrogens with one attached hydrogen (secondary N) is 3. The minimum absolute atomic E-state index is 0.0385. The average molecular weight is 396 g/mol. The Labute approximate surface area is 169 Å². The van der Waals surface area contributed by atoms with Crippen LogP contribution in [0.25, 0.3) is 10.8 Å². The molecule has 0 bridgehead atoms. The highest BCUT2D eigenvalue weighted by molar-refractivity contribution is 6.01. The standard InChI is InChI=1S/C22H28N4O3/c1-6-15-7-9-16(10-8-15)20(12(2)3)23-11-17(27)24-22-19-18(14(5)29-22)13(4)25-26-21(19)28/h7-10,12,20,23H,6,11H2,1-5H3,(H,24,27)(H,26,28)/t20-/m1/s1. The predicted molar refractivity (Wildman–Crippen MR) is 114 cm³/mol. The van der Waals surface area contributed by atoms with Crippen molar-refractivity contribution in [3.63, 3.8) is 0 Å². The van der Waals surface area contributed by atoms with Crippen LogP contribution in [0.3, 0.4) is 0 Å². The number of carbonyl (C=O) groups is 1. The molecule has 0 aliphatic rings. The molecule has 3 rings (SSSR count). The van der Waals surface area contributed by atoms with E-state index in [1.165, 1.54) is 5.56 Å². The van der Waals surface area contributed by atoms with Crippen LogP contribution in [0.15, 0.2) is 33.5 Å². The molecule has 0 fully saturated rings. The van der Waals surface area contributed by atoms with E-state index in [0.29, 0.717) is 28.1 Å². The van der Waals surface area contributed by atoms with Gasteiger partial charge in [0.05, 0.1) is 17.6 Å². The van der Waals surface area contributed by atoms with E-state index in [1.807, 2.05) is 0 Å². The Bertz CT molecular complexity index is 1060. The number of fused-ring (bicyclic) bond motifs is 1. The normalized spacial score (nSPS) is 12.5. The molecule has 3 N–H and O–H groups in total. The van der Waals surface area contributed by atoms with Gasteiger partial charge in [0.1, 0.15) is 11.1 Å². The SMILES string of the molecule is CCc1ccc([C@H](NCC(=O)Nc2oc(C)c3c(C)n[nH]c(=O)c23)C(C)C)cc1. The molecule has 0 aliphatic carbocycles. The molecule has 0 unspecified atom stereocenters. The Kier molecular flexibility index (Phi) is 6.17. The number of amides is 1. The summed E-state index contributed by atoms with van der Waals surface area (Å²) in [7, 11) is 0. The molecule has 29 heavy (non-hydrogen) atoms. The van der Waals surface area contributed by atoms with Gasteiger partial charge < -0.3 is 9.73 Å². The Morgan fingerprint density at radius 3 is 2.48 bits per heavy atom. The Morgan fingerprint density at radius 1 is 1.17 bits per heavy atom. The summed E-state index contributed by atoms with van der Waals surface area (Å²) < 4.78 is 5.64. The molecule has 1 atom stereocenters. The van der Waals surface area contributed by atoms with Crippen molar-refractivity contribution in [3.8, 4) is 0 Å². The third kappa shape index (κ3) is 4.40. The van der Waals surface area contributed by atoms with Crippen LogP contribution in [-0.4, -0.2) is 22.6 Å². The quantitative estimate of drug-likeness (QED) is 0.566. The molecule has 3 aromatic rings. The van der Waals surface area contributed by atoms with Crippen LogP contribution in [0.4, 0.5) is 5.88 Å². The number of furan rings is 1. The number of aryl methyl sites for hydroxylation is 3. The zero-order valence-electron chi connectivity index (χ0n) is 17.6. The van der Waals surface area contributed by atoms with Crippen LogP contribution >= 0.6 is 0 Å². The first-order valence-electron chi connectivity index (χ1n) is 9.92. The molecule has 2 aromatic heterocycles. The first-order valence-corrected chi connectivity index (χ1v) is 9.92. The highest BCUT2D eigenvalue weighted by atomic mass is 16.4. The van der Waals surface area contributed by atoms with Gasteiger partial charge >= 0.3 is 0 Å². The topological polar surface area (TPSA) is 100 Å². The Morgan fingerprint density at radius 2 is 1.86 bits per heavy atom. The average Bonchev–Trinajstić information content (AvgIpc) is 3.02. The van der Waals surface area contributed by atoms with Crippen LogP contribution in [0, 0.1) is 19.8 Å². The van der Waals surface area contributed by atoms with Crippen molar-refractivity contribution < 1.29 is 9.21 Å². The zero-order chi connectivity index (χ0) is 21.1.